The molecule has 1 amide bonds. The Morgan fingerprint density at radius 3 is 2.10 bits per heavy atom. The van der Waals surface area contributed by atoms with E-state index >= 15 is 0 Å². The Kier molecular flexibility index (Phi) is 9.14. The molecule has 0 radical (unpaired) electrons. The lowest BCUT2D eigenvalue weighted by molar-refractivity contribution is -0.120. The van der Waals surface area contributed by atoms with Gasteiger partial charge in [-0.05, 0) is 38.1 Å². The maximum Gasteiger partial charge on any atom is 0.330 e. The highest BCUT2D eigenvalue weighted by Gasteiger charge is 2.26. The third-order valence-corrected chi connectivity index (χ3v) is 4.83. The molecule has 0 spiro atoms. The molecule has 0 aliphatic rings. The number of nitrogens with zero attached hydrogens (tertiary/aromatic N) is 3. The number of rotatable bonds is 10. The fourth-order valence-electron chi connectivity index (χ4n) is 3.38. The van der Waals surface area contributed by atoms with Crippen LogP contribution in [0.15, 0.2) is 9.59 Å². The van der Waals surface area contributed by atoms with Crippen molar-refractivity contribution in [2.45, 2.75) is 67.5 Å². The number of carbonyl (C=O) groups is 1. The van der Waals surface area contributed by atoms with Gasteiger partial charge in [-0.15, -0.1) is 0 Å². The molecule has 166 valence electrons. The van der Waals surface area contributed by atoms with Gasteiger partial charge >= 0.3 is 5.69 Å². The number of nitrogens with two attached hydrogens (primary N) is 1. The Balaban J connectivity index is 3.33. The van der Waals surface area contributed by atoms with Crippen LogP contribution < -0.4 is 21.9 Å². The van der Waals surface area contributed by atoms with Crippen LogP contribution in [0.1, 0.15) is 54.9 Å². The molecule has 1 heterocycles. The highest BCUT2D eigenvalue weighted by molar-refractivity contribution is 5.96. The summed E-state index contributed by atoms with van der Waals surface area (Å²) >= 11 is 0. The zero-order chi connectivity index (χ0) is 22.5. The van der Waals surface area contributed by atoms with Crippen LogP contribution in [-0.4, -0.2) is 46.5 Å². The molecule has 1 aromatic heterocycles. The fourth-order valence-corrected chi connectivity index (χ4v) is 3.38. The molecule has 0 saturated heterocycles. The lowest BCUT2D eigenvalue weighted by atomic mass is 10.0. The molecule has 1 atom stereocenters. The SMILES string of the molecule is CC(C)CC(C)N(C)CC(=O)N(CC(C)C)c1c(N)n(CC(C)C)c(=O)[nH]c1=O. The van der Waals surface area contributed by atoms with Gasteiger partial charge in [-0.2, -0.15) is 0 Å². The van der Waals surface area contributed by atoms with Crippen LogP contribution in [0.3, 0.4) is 0 Å². The van der Waals surface area contributed by atoms with Gasteiger partial charge in [0.25, 0.3) is 5.56 Å². The normalized spacial score (nSPS) is 13.0. The number of aromatic nitrogens is 2. The number of carbonyl (C=O) groups excluding carboxylic acids is 1. The summed E-state index contributed by atoms with van der Waals surface area (Å²) in [4.78, 5) is 43.8. The molecule has 0 aliphatic heterocycles. The van der Waals surface area contributed by atoms with Gasteiger partial charge in [-0.25, -0.2) is 4.79 Å². The molecule has 3 N–H and O–H groups in total. The van der Waals surface area contributed by atoms with Gasteiger partial charge in [-0.1, -0.05) is 41.5 Å². The Hall–Kier alpha value is -2.09. The number of anilines is 2. The second-order valence-electron chi connectivity index (χ2n) is 9.29. The van der Waals surface area contributed by atoms with Crippen molar-refractivity contribution in [1.82, 2.24) is 14.5 Å². The van der Waals surface area contributed by atoms with Gasteiger partial charge in [0, 0.05) is 19.1 Å². The minimum absolute atomic E-state index is 0.0410. The number of nitrogen functional groups attached to an aromatic ring is 1. The third kappa shape index (κ3) is 7.03. The van der Waals surface area contributed by atoms with E-state index in [0.29, 0.717) is 19.0 Å². The number of aromatic amines is 1. The molecule has 0 saturated carbocycles. The molecular formula is C21H39N5O3. The fraction of sp³-hybridized carbons (Fsp3) is 0.762. The molecular weight excluding hydrogens is 370 g/mol. The highest BCUT2D eigenvalue weighted by atomic mass is 16.2. The average molecular weight is 410 g/mol. The van der Waals surface area contributed by atoms with Gasteiger partial charge < -0.3 is 10.6 Å². The molecule has 1 rings (SSSR count). The lowest BCUT2D eigenvalue weighted by Crippen LogP contribution is -2.47. The largest absolute Gasteiger partial charge is 0.383 e. The summed E-state index contributed by atoms with van der Waals surface area (Å²) in [5.74, 6) is 0.642. The minimum Gasteiger partial charge on any atom is -0.383 e. The van der Waals surface area contributed by atoms with E-state index in [-0.39, 0.29) is 41.8 Å². The number of hydrogen-bond acceptors (Lipinski definition) is 5. The molecule has 29 heavy (non-hydrogen) atoms. The zero-order valence-corrected chi connectivity index (χ0v) is 19.3. The first kappa shape index (κ1) is 24.9. The van der Waals surface area contributed by atoms with Gasteiger partial charge in [0.1, 0.15) is 5.82 Å². The van der Waals surface area contributed by atoms with E-state index in [1.54, 1.807) is 0 Å². The van der Waals surface area contributed by atoms with Crippen molar-refractivity contribution in [2.24, 2.45) is 17.8 Å². The van der Waals surface area contributed by atoms with E-state index in [0.717, 1.165) is 6.42 Å². The standard InChI is InChI=1S/C21H39N5O3/c1-13(2)9-16(7)24(8)12-17(27)25(10-14(3)4)18-19(22)26(11-15(5)6)21(29)23-20(18)28/h13-16H,9-12,22H2,1-8H3,(H,23,28,29). The van der Waals surface area contributed by atoms with Crippen LogP contribution >= 0.6 is 0 Å². The summed E-state index contributed by atoms with van der Waals surface area (Å²) < 4.78 is 1.34. The Morgan fingerprint density at radius 2 is 1.62 bits per heavy atom. The number of hydrogen-bond donors (Lipinski definition) is 2. The monoisotopic (exact) mass is 409 g/mol. The molecule has 8 heteroatoms. The molecule has 1 unspecified atom stereocenters. The van der Waals surface area contributed by atoms with Crippen molar-refractivity contribution in [1.29, 1.82) is 0 Å². The number of likely N-dealkylation sites (N-methyl/N-ethyl adjacent to an activating group) is 1. The predicted octanol–water partition coefficient (Wildman–Crippen LogP) is 2.13. The van der Waals surface area contributed by atoms with Crippen molar-refractivity contribution in [3.8, 4) is 0 Å². The van der Waals surface area contributed by atoms with Crippen LogP contribution in [-0.2, 0) is 11.3 Å². The van der Waals surface area contributed by atoms with E-state index in [2.05, 4.69) is 25.8 Å². The van der Waals surface area contributed by atoms with Crippen LogP contribution in [0.25, 0.3) is 0 Å². The molecule has 1 aromatic rings. The average Bonchev–Trinajstić information content (AvgIpc) is 2.56. The van der Waals surface area contributed by atoms with Crippen molar-refractivity contribution in [2.75, 3.05) is 30.8 Å². The second-order valence-corrected chi connectivity index (χ2v) is 9.29. The maximum atomic E-state index is 13.2. The summed E-state index contributed by atoms with van der Waals surface area (Å²) in [5, 5.41) is 0. The third-order valence-electron chi connectivity index (χ3n) is 4.83. The van der Waals surface area contributed by atoms with E-state index < -0.39 is 11.2 Å². The Morgan fingerprint density at radius 1 is 1.03 bits per heavy atom. The van der Waals surface area contributed by atoms with E-state index in [1.807, 2.05) is 39.6 Å². The summed E-state index contributed by atoms with van der Waals surface area (Å²) in [6.45, 7) is 15.1. The predicted molar refractivity (Wildman–Crippen MR) is 119 cm³/mol. The second kappa shape index (κ2) is 10.6. The smallest absolute Gasteiger partial charge is 0.330 e. The Labute approximate surface area is 174 Å². The molecule has 0 fully saturated rings. The summed E-state index contributed by atoms with van der Waals surface area (Å²) in [7, 11) is 1.91. The zero-order valence-electron chi connectivity index (χ0n) is 19.3. The van der Waals surface area contributed by atoms with Gasteiger partial charge in [-0.3, -0.25) is 24.0 Å². The van der Waals surface area contributed by atoms with Crippen molar-refractivity contribution < 1.29 is 4.79 Å². The molecule has 8 nitrogen and oxygen atoms in total. The topological polar surface area (TPSA) is 104 Å². The first-order valence-electron chi connectivity index (χ1n) is 10.5. The number of H-pyrrole nitrogens is 1. The summed E-state index contributed by atoms with van der Waals surface area (Å²) in [6.07, 6.45) is 0.968. The van der Waals surface area contributed by atoms with E-state index in [4.69, 9.17) is 5.73 Å². The van der Waals surface area contributed by atoms with Crippen LogP contribution in [0, 0.1) is 17.8 Å². The first-order valence-corrected chi connectivity index (χ1v) is 10.5. The lowest BCUT2D eigenvalue weighted by Gasteiger charge is -2.30. The van der Waals surface area contributed by atoms with Crippen molar-refractivity contribution in [3.63, 3.8) is 0 Å². The number of nitrogens with one attached hydrogen (secondary N) is 1. The van der Waals surface area contributed by atoms with Crippen molar-refractivity contribution in [3.05, 3.63) is 20.8 Å². The molecule has 0 bridgehead atoms. The minimum atomic E-state index is -0.626. The summed E-state index contributed by atoms with van der Waals surface area (Å²) in [6, 6.07) is 0.227. The van der Waals surface area contributed by atoms with Gasteiger partial charge in [0.15, 0.2) is 5.69 Å². The van der Waals surface area contributed by atoms with E-state index in [9.17, 15) is 14.4 Å². The molecule has 0 aromatic carbocycles. The van der Waals surface area contributed by atoms with Crippen LogP contribution in [0.4, 0.5) is 11.5 Å². The first-order chi connectivity index (χ1) is 13.3. The maximum absolute atomic E-state index is 13.2. The quantitative estimate of drug-likeness (QED) is 0.616. The summed E-state index contributed by atoms with van der Waals surface area (Å²) in [5.41, 5.74) is 5.13. The highest BCUT2D eigenvalue weighted by Crippen LogP contribution is 2.20. The molecule has 0 aliphatic carbocycles. The van der Waals surface area contributed by atoms with Gasteiger partial charge in [0.2, 0.25) is 5.91 Å². The van der Waals surface area contributed by atoms with Crippen LogP contribution in [0.2, 0.25) is 0 Å². The van der Waals surface area contributed by atoms with Crippen molar-refractivity contribution >= 4 is 17.4 Å². The van der Waals surface area contributed by atoms with Crippen LogP contribution in [0.5, 0.6) is 0 Å². The van der Waals surface area contributed by atoms with Gasteiger partial charge in [0.05, 0.1) is 6.54 Å². The number of amides is 1. The van der Waals surface area contributed by atoms with E-state index in [1.165, 1.54) is 9.47 Å². The Bertz CT molecular complexity index is 794.